The Balaban J connectivity index is 2.48. The van der Waals surface area contributed by atoms with E-state index in [0.29, 0.717) is 17.8 Å². The Bertz CT molecular complexity index is 376. The summed E-state index contributed by atoms with van der Waals surface area (Å²) in [5.74, 6) is -0.0650. The number of rotatable bonds is 0. The highest BCUT2D eigenvalue weighted by molar-refractivity contribution is 6.02. The lowest BCUT2D eigenvalue weighted by molar-refractivity contribution is 0.0945. The van der Waals surface area contributed by atoms with E-state index in [1.807, 2.05) is 6.92 Å². The summed E-state index contributed by atoms with van der Waals surface area (Å²) >= 11 is 0. The number of carbonyl (C=O) groups is 1. The number of nitrogens with one attached hydrogen (secondary N) is 2. The summed E-state index contributed by atoms with van der Waals surface area (Å²) in [7, 11) is 0. The smallest absolute Gasteiger partial charge is 0.253 e. The van der Waals surface area contributed by atoms with Crippen LogP contribution in [-0.4, -0.2) is 18.5 Å². The van der Waals surface area contributed by atoms with Gasteiger partial charge in [-0.25, -0.2) is 0 Å². The number of amides is 1. The molecule has 74 valence electrons. The number of para-hydroxylation sites is 1. The predicted octanol–water partition coefficient (Wildman–Crippen LogP) is 0.813. The molecule has 4 N–H and O–H groups in total. The van der Waals surface area contributed by atoms with Crippen LogP contribution in [0.25, 0.3) is 0 Å². The Morgan fingerprint density at radius 3 is 3.07 bits per heavy atom. The zero-order valence-electron chi connectivity index (χ0n) is 8.00. The van der Waals surface area contributed by atoms with Crippen molar-refractivity contribution in [1.82, 2.24) is 5.32 Å². The number of hydrogen-bond donors (Lipinski definition) is 3. The third-order valence-corrected chi connectivity index (χ3v) is 2.30. The minimum atomic E-state index is -0.0650. The maximum Gasteiger partial charge on any atom is 0.253 e. The van der Waals surface area contributed by atoms with E-state index >= 15 is 0 Å². The van der Waals surface area contributed by atoms with Crippen molar-refractivity contribution in [2.45, 2.75) is 13.0 Å². The predicted molar refractivity (Wildman–Crippen MR) is 56.3 cm³/mol. The topological polar surface area (TPSA) is 67.1 Å². The average molecular weight is 191 g/mol. The molecule has 0 spiro atoms. The Morgan fingerprint density at radius 1 is 1.50 bits per heavy atom. The number of benzene rings is 1. The minimum absolute atomic E-state index is 0.0650. The zero-order valence-corrected chi connectivity index (χ0v) is 8.00. The van der Waals surface area contributed by atoms with Crippen LogP contribution in [0.1, 0.15) is 17.3 Å². The molecule has 1 amide bonds. The molecule has 2 rings (SSSR count). The molecule has 4 nitrogen and oxygen atoms in total. The van der Waals surface area contributed by atoms with E-state index in [-0.39, 0.29) is 11.9 Å². The highest BCUT2D eigenvalue weighted by atomic mass is 16.1. The summed E-state index contributed by atoms with van der Waals surface area (Å²) in [6.07, 6.45) is 0. The molecule has 0 saturated carbocycles. The lowest BCUT2D eigenvalue weighted by Crippen LogP contribution is -2.34. The summed E-state index contributed by atoms with van der Waals surface area (Å²) < 4.78 is 0. The van der Waals surface area contributed by atoms with Crippen LogP contribution >= 0.6 is 0 Å². The number of nitrogen functional groups attached to an aromatic ring is 1. The molecule has 1 heterocycles. The van der Waals surface area contributed by atoms with Gasteiger partial charge in [-0.2, -0.15) is 0 Å². The first-order valence-corrected chi connectivity index (χ1v) is 4.61. The van der Waals surface area contributed by atoms with Crippen molar-refractivity contribution in [2.24, 2.45) is 0 Å². The van der Waals surface area contributed by atoms with Gasteiger partial charge in [0.15, 0.2) is 0 Å². The van der Waals surface area contributed by atoms with E-state index < -0.39 is 0 Å². The second-order valence-corrected chi connectivity index (χ2v) is 3.53. The first-order valence-electron chi connectivity index (χ1n) is 4.61. The summed E-state index contributed by atoms with van der Waals surface area (Å²) in [6, 6.07) is 5.46. The van der Waals surface area contributed by atoms with E-state index in [0.717, 1.165) is 5.69 Å². The Hall–Kier alpha value is -1.71. The van der Waals surface area contributed by atoms with Gasteiger partial charge >= 0.3 is 0 Å². The van der Waals surface area contributed by atoms with E-state index in [1.165, 1.54) is 0 Å². The van der Waals surface area contributed by atoms with Gasteiger partial charge in [0.2, 0.25) is 0 Å². The van der Waals surface area contributed by atoms with Crippen molar-refractivity contribution in [3.05, 3.63) is 23.8 Å². The number of anilines is 2. The largest absolute Gasteiger partial charge is 0.397 e. The number of nitrogens with two attached hydrogens (primary N) is 1. The second kappa shape index (κ2) is 3.21. The molecule has 0 bridgehead atoms. The molecule has 1 aliphatic heterocycles. The van der Waals surface area contributed by atoms with Crippen molar-refractivity contribution in [1.29, 1.82) is 0 Å². The van der Waals surface area contributed by atoms with Crippen LogP contribution in [0.3, 0.4) is 0 Å². The highest BCUT2D eigenvalue weighted by Gasteiger charge is 2.19. The fourth-order valence-corrected chi connectivity index (χ4v) is 1.56. The quantitative estimate of drug-likeness (QED) is 0.532. The fraction of sp³-hybridized carbons (Fsp3) is 0.300. The van der Waals surface area contributed by atoms with Crippen molar-refractivity contribution >= 4 is 17.3 Å². The van der Waals surface area contributed by atoms with E-state index in [9.17, 15) is 4.79 Å². The van der Waals surface area contributed by atoms with Gasteiger partial charge in [0, 0.05) is 12.6 Å². The number of fused-ring (bicyclic) bond motifs is 1. The van der Waals surface area contributed by atoms with Gasteiger partial charge in [-0.1, -0.05) is 6.07 Å². The van der Waals surface area contributed by atoms with E-state index in [1.54, 1.807) is 18.2 Å². The summed E-state index contributed by atoms with van der Waals surface area (Å²) in [6.45, 7) is 2.65. The molecule has 0 aromatic heterocycles. The van der Waals surface area contributed by atoms with Crippen molar-refractivity contribution < 1.29 is 4.79 Å². The van der Waals surface area contributed by atoms with Crippen LogP contribution in [0.2, 0.25) is 0 Å². The van der Waals surface area contributed by atoms with Crippen molar-refractivity contribution in [3.63, 3.8) is 0 Å². The van der Waals surface area contributed by atoms with Crippen LogP contribution in [-0.2, 0) is 0 Å². The molecule has 1 aromatic carbocycles. The van der Waals surface area contributed by atoms with Crippen LogP contribution in [0.4, 0.5) is 11.4 Å². The highest BCUT2D eigenvalue weighted by Crippen LogP contribution is 2.24. The van der Waals surface area contributed by atoms with Crippen LogP contribution in [0.15, 0.2) is 18.2 Å². The summed E-state index contributed by atoms with van der Waals surface area (Å²) in [4.78, 5) is 11.7. The van der Waals surface area contributed by atoms with Gasteiger partial charge in [0.25, 0.3) is 5.91 Å². The molecule has 0 saturated heterocycles. The first-order chi connectivity index (χ1) is 6.68. The fourth-order valence-electron chi connectivity index (χ4n) is 1.56. The maximum atomic E-state index is 11.7. The molecule has 14 heavy (non-hydrogen) atoms. The standard InChI is InChI=1S/C10H13N3O/c1-6-5-12-9-7(10(14)13-6)3-2-4-8(9)11/h2-4,6,12H,5,11H2,1H3,(H,13,14). The summed E-state index contributed by atoms with van der Waals surface area (Å²) in [5.41, 5.74) is 7.76. The zero-order chi connectivity index (χ0) is 10.1. The molecule has 0 aliphatic carbocycles. The lowest BCUT2D eigenvalue weighted by atomic mass is 10.1. The van der Waals surface area contributed by atoms with Gasteiger partial charge in [0.1, 0.15) is 0 Å². The molecular weight excluding hydrogens is 178 g/mol. The van der Waals surface area contributed by atoms with Crippen LogP contribution in [0.5, 0.6) is 0 Å². The molecule has 4 heteroatoms. The third-order valence-electron chi connectivity index (χ3n) is 2.30. The number of carbonyl (C=O) groups excluding carboxylic acids is 1. The van der Waals surface area contributed by atoms with E-state index in [4.69, 9.17) is 5.73 Å². The van der Waals surface area contributed by atoms with Gasteiger partial charge in [0.05, 0.1) is 16.9 Å². The Morgan fingerprint density at radius 2 is 2.29 bits per heavy atom. The van der Waals surface area contributed by atoms with E-state index in [2.05, 4.69) is 10.6 Å². The SMILES string of the molecule is CC1CNc2c(N)cccc2C(=O)N1. The van der Waals surface area contributed by atoms with Gasteiger partial charge in [-0.05, 0) is 19.1 Å². The second-order valence-electron chi connectivity index (χ2n) is 3.53. The molecule has 1 aliphatic rings. The first kappa shape index (κ1) is 8.87. The molecule has 1 atom stereocenters. The summed E-state index contributed by atoms with van der Waals surface area (Å²) in [5, 5.41) is 6.03. The molecule has 1 aromatic rings. The van der Waals surface area contributed by atoms with Crippen molar-refractivity contribution in [2.75, 3.05) is 17.6 Å². The van der Waals surface area contributed by atoms with Gasteiger partial charge in [-0.15, -0.1) is 0 Å². The maximum absolute atomic E-state index is 11.7. The van der Waals surface area contributed by atoms with Gasteiger partial charge < -0.3 is 16.4 Å². The van der Waals surface area contributed by atoms with Gasteiger partial charge in [-0.3, -0.25) is 4.79 Å². The van der Waals surface area contributed by atoms with Crippen LogP contribution in [0, 0.1) is 0 Å². The number of hydrogen-bond acceptors (Lipinski definition) is 3. The molecule has 0 fully saturated rings. The minimum Gasteiger partial charge on any atom is -0.397 e. The lowest BCUT2D eigenvalue weighted by Gasteiger charge is -2.09. The molecule has 1 unspecified atom stereocenters. The van der Waals surface area contributed by atoms with Crippen molar-refractivity contribution in [3.8, 4) is 0 Å². The Labute approximate surface area is 82.5 Å². The Kier molecular flexibility index (Phi) is 2.04. The third kappa shape index (κ3) is 1.39. The normalized spacial score (nSPS) is 20.4. The average Bonchev–Trinajstić information content (AvgIpc) is 2.28. The molecular formula is C10H13N3O. The van der Waals surface area contributed by atoms with Crippen LogP contribution < -0.4 is 16.4 Å². The monoisotopic (exact) mass is 191 g/mol. The molecule has 0 radical (unpaired) electrons.